The van der Waals surface area contributed by atoms with Gasteiger partial charge in [-0.15, -0.1) is 0 Å². The van der Waals surface area contributed by atoms with E-state index in [0.29, 0.717) is 24.9 Å². The Morgan fingerprint density at radius 2 is 2.00 bits per heavy atom. The molecule has 10 heteroatoms. The van der Waals surface area contributed by atoms with Gasteiger partial charge in [0.25, 0.3) is 11.8 Å². The molecule has 0 unspecified atom stereocenters. The highest BCUT2D eigenvalue weighted by Gasteiger charge is 2.61. The molecular weight excluding hydrogens is 446 g/mol. The molecule has 6 atom stereocenters. The topological polar surface area (TPSA) is 123 Å². The van der Waals surface area contributed by atoms with Gasteiger partial charge in [0.1, 0.15) is 12.1 Å². The van der Waals surface area contributed by atoms with Crippen LogP contribution in [0.5, 0.6) is 0 Å². The van der Waals surface area contributed by atoms with Gasteiger partial charge in [-0.2, -0.15) is 5.26 Å². The Morgan fingerprint density at radius 3 is 2.65 bits per heavy atom. The van der Waals surface area contributed by atoms with Gasteiger partial charge >= 0.3 is 0 Å². The summed E-state index contributed by atoms with van der Waals surface area (Å²) in [5, 5.41) is 25.5. The van der Waals surface area contributed by atoms with Crippen LogP contribution in [-0.2, 0) is 14.4 Å². The van der Waals surface area contributed by atoms with Crippen LogP contribution in [0.25, 0.3) is 0 Å². The van der Waals surface area contributed by atoms with Gasteiger partial charge in [0, 0.05) is 24.9 Å². The van der Waals surface area contributed by atoms with Crippen LogP contribution >= 0.6 is 0 Å². The Morgan fingerprint density at radius 1 is 1.26 bits per heavy atom. The molecule has 2 bridgehead atoms. The summed E-state index contributed by atoms with van der Waals surface area (Å²) < 4.78 is 29.6. The van der Waals surface area contributed by atoms with Crippen LogP contribution in [0, 0.1) is 23.2 Å². The molecule has 182 valence electrons. The van der Waals surface area contributed by atoms with Crippen LogP contribution < -0.4 is 10.6 Å². The fourth-order valence-electron chi connectivity index (χ4n) is 5.49. The number of halogens is 2. The quantitative estimate of drug-likeness (QED) is 0.579. The lowest BCUT2D eigenvalue weighted by Gasteiger charge is -2.54. The average molecular weight is 475 g/mol. The molecule has 0 spiro atoms. The van der Waals surface area contributed by atoms with Crippen LogP contribution in [0.1, 0.15) is 50.2 Å². The molecule has 5 rings (SSSR count). The van der Waals surface area contributed by atoms with Crippen molar-refractivity contribution < 1.29 is 28.3 Å². The first-order valence-corrected chi connectivity index (χ1v) is 11.6. The largest absolute Gasteiger partial charge is 0.378 e. The first-order chi connectivity index (χ1) is 16.2. The molecule has 1 saturated carbocycles. The maximum atomic E-state index is 14.8. The Balaban J connectivity index is 1.56. The summed E-state index contributed by atoms with van der Waals surface area (Å²) in [4.78, 5) is 39.7. The van der Waals surface area contributed by atoms with Crippen LogP contribution in [0.3, 0.4) is 0 Å². The van der Waals surface area contributed by atoms with Crippen molar-refractivity contribution in [2.24, 2.45) is 11.8 Å². The Hall–Kier alpha value is -3.06. The predicted octanol–water partition coefficient (Wildman–Crippen LogP) is 1.66. The van der Waals surface area contributed by atoms with Gasteiger partial charge in [-0.05, 0) is 37.7 Å². The minimum absolute atomic E-state index is 0.0587. The number of aliphatic hydroxyl groups excluding tert-OH is 1. The van der Waals surface area contributed by atoms with E-state index in [1.54, 1.807) is 30.3 Å². The number of amides is 3. The summed E-state index contributed by atoms with van der Waals surface area (Å²) in [6.45, 7) is 0.556. The van der Waals surface area contributed by atoms with Gasteiger partial charge in [0.2, 0.25) is 11.8 Å². The number of nitriles is 1. The zero-order valence-electron chi connectivity index (χ0n) is 18.6. The standard InChI is InChI=1S/C24H28F2N4O4/c25-24(26)12-17-8-9-18(24)19(30(17)23(34)20(31)14-5-2-1-3-6-14)22(33)29-16(13-27)11-15-7-4-10-28-21(15)32/h1-3,5-6,15-20,31H,4,7-12H2,(H,28,32)(H,29,33)/t15-,16+,17+,18+,19+,20-/m0/s1. The van der Waals surface area contributed by atoms with Crippen LogP contribution in [0.2, 0.25) is 0 Å². The van der Waals surface area contributed by atoms with Crippen molar-refractivity contribution in [3.05, 3.63) is 35.9 Å². The number of benzene rings is 1. The SMILES string of the molecule is N#C[C@@H](C[C@@H]1CCCNC1=O)NC(=O)[C@H]1[C@H]2CC[C@H](CC2(F)F)N1C(=O)[C@@H](O)c1ccccc1. The van der Waals surface area contributed by atoms with Gasteiger partial charge in [0.15, 0.2) is 6.10 Å². The number of nitrogens with one attached hydrogen (secondary N) is 2. The van der Waals surface area contributed by atoms with Gasteiger partial charge in [-0.3, -0.25) is 14.4 Å². The first-order valence-electron chi connectivity index (χ1n) is 11.6. The van der Waals surface area contributed by atoms with E-state index in [1.807, 2.05) is 6.07 Å². The monoisotopic (exact) mass is 474 g/mol. The van der Waals surface area contributed by atoms with E-state index in [-0.39, 0.29) is 18.7 Å². The number of carbonyl (C=O) groups is 3. The van der Waals surface area contributed by atoms with Gasteiger partial charge in [0.05, 0.1) is 12.0 Å². The highest BCUT2D eigenvalue weighted by molar-refractivity contribution is 5.91. The van der Waals surface area contributed by atoms with E-state index in [4.69, 9.17) is 0 Å². The van der Waals surface area contributed by atoms with Crippen molar-refractivity contribution in [1.29, 1.82) is 5.26 Å². The van der Waals surface area contributed by atoms with Crippen LogP contribution in [0.15, 0.2) is 30.3 Å². The maximum Gasteiger partial charge on any atom is 0.256 e. The number of alkyl halides is 2. The molecule has 3 heterocycles. The predicted molar refractivity (Wildman–Crippen MR) is 116 cm³/mol. The molecule has 3 saturated heterocycles. The van der Waals surface area contributed by atoms with E-state index in [1.165, 1.54) is 0 Å². The number of piperidine rings is 3. The second-order valence-electron chi connectivity index (χ2n) is 9.36. The molecule has 4 fully saturated rings. The molecule has 3 aliphatic heterocycles. The van der Waals surface area contributed by atoms with Crippen molar-refractivity contribution >= 4 is 17.7 Å². The van der Waals surface area contributed by atoms with Crippen molar-refractivity contribution in [2.75, 3.05) is 6.54 Å². The molecule has 8 nitrogen and oxygen atoms in total. The Bertz CT molecular complexity index is 983. The second kappa shape index (κ2) is 9.66. The van der Waals surface area contributed by atoms with E-state index in [9.17, 15) is 33.5 Å². The second-order valence-corrected chi connectivity index (χ2v) is 9.36. The molecule has 3 amide bonds. The number of hydrogen-bond acceptors (Lipinski definition) is 5. The van der Waals surface area contributed by atoms with E-state index >= 15 is 0 Å². The molecule has 3 N–H and O–H groups in total. The van der Waals surface area contributed by atoms with Gasteiger partial charge in [-0.25, -0.2) is 8.78 Å². The fourth-order valence-corrected chi connectivity index (χ4v) is 5.49. The van der Waals surface area contributed by atoms with Gasteiger partial charge in [-0.1, -0.05) is 30.3 Å². The van der Waals surface area contributed by atoms with Crippen molar-refractivity contribution in [2.45, 2.75) is 68.7 Å². The molecule has 1 aliphatic carbocycles. The third-order valence-electron chi connectivity index (χ3n) is 7.20. The summed E-state index contributed by atoms with van der Waals surface area (Å²) in [5.41, 5.74) is 0.304. The lowest BCUT2D eigenvalue weighted by molar-refractivity contribution is -0.198. The number of rotatable bonds is 6. The zero-order valence-corrected chi connectivity index (χ0v) is 18.6. The third kappa shape index (κ3) is 4.62. The average Bonchev–Trinajstić information content (AvgIpc) is 2.83. The summed E-state index contributed by atoms with van der Waals surface area (Å²) in [7, 11) is 0. The first kappa shape index (κ1) is 24.1. The van der Waals surface area contributed by atoms with Gasteiger partial charge < -0.3 is 20.6 Å². The number of carbonyl (C=O) groups excluding carboxylic acids is 3. The van der Waals surface area contributed by atoms with Crippen molar-refractivity contribution in [1.82, 2.24) is 15.5 Å². The normalized spacial score (nSPS) is 29.5. The molecular formula is C24H28F2N4O4. The minimum Gasteiger partial charge on any atom is -0.378 e. The molecule has 34 heavy (non-hydrogen) atoms. The van der Waals surface area contributed by atoms with Crippen molar-refractivity contribution in [3.8, 4) is 6.07 Å². The maximum absolute atomic E-state index is 14.8. The number of nitrogens with zero attached hydrogens (tertiary/aromatic N) is 2. The molecule has 1 aromatic carbocycles. The summed E-state index contributed by atoms with van der Waals surface area (Å²) >= 11 is 0. The third-order valence-corrected chi connectivity index (χ3v) is 7.20. The smallest absolute Gasteiger partial charge is 0.256 e. The highest BCUT2D eigenvalue weighted by atomic mass is 19.3. The van der Waals surface area contributed by atoms with E-state index < -0.39 is 60.2 Å². The summed E-state index contributed by atoms with van der Waals surface area (Å²) in [5.74, 6) is -6.89. The highest BCUT2D eigenvalue weighted by Crippen LogP contribution is 2.49. The molecule has 4 aliphatic rings. The lowest BCUT2D eigenvalue weighted by atomic mass is 9.71. The molecule has 0 aromatic heterocycles. The van der Waals surface area contributed by atoms with E-state index in [0.717, 1.165) is 11.3 Å². The number of fused-ring (bicyclic) bond motifs is 3. The lowest BCUT2D eigenvalue weighted by Crippen LogP contribution is -2.69. The van der Waals surface area contributed by atoms with Crippen LogP contribution in [-0.4, -0.2) is 58.3 Å². The molecule has 0 radical (unpaired) electrons. The summed E-state index contributed by atoms with van der Waals surface area (Å²) in [6, 6.07) is 6.58. The minimum atomic E-state index is -3.15. The van der Waals surface area contributed by atoms with E-state index in [2.05, 4.69) is 10.6 Å². The number of hydrogen-bond donors (Lipinski definition) is 3. The molecule has 1 aromatic rings. The summed E-state index contributed by atoms with van der Waals surface area (Å²) in [6.07, 6.45) is -0.419. The Labute approximate surface area is 196 Å². The van der Waals surface area contributed by atoms with Crippen LogP contribution in [0.4, 0.5) is 8.78 Å². The fraction of sp³-hybridized carbons (Fsp3) is 0.583. The number of aliphatic hydroxyl groups is 1. The zero-order chi connectivity index (χ0) is 24.5. The Kier molecular flexibility index (Phi) is 6.84. The van der Waals surface area contributed by atoms with Crippen molar-refractivity contribution in [3.63, 3.8) is 0 Å².